The molecule has 0 amide bonds. The lowest BCUT2D eigenvalue weighted by atomic mass is 9.84. The summed E-state index contributed by atoms with van der Waals surface area (Å²) in [6, 6.07) is 0. The quantitative estimate of drug-likeness (QED) is 0.805. The second kappa shape index (κ2) is 6.37. The number of hydrogen-bond acceptors (Lipinski definition) is 2. The average Bonchev–Trinajstić information content (AvgIpc) is 2.64. The minimum atomic E-state index is -0.791. The summed E-state index contributed by atoms with van der Waals surface area (Å²) in [5, 5.41) is 11.0. The first-order chi connectivity index (χ1) is 8.39. The minimum absolute atomic E-state index is 0.459. The van der Waals surface area contributed by atoms with Gasteiger partial charge in [0.25, 0.3) is 0 Å². The lowest BCUT2D eigenvalue weighted by Crippen LogP contribution is -2.33. The molecule has 0 fully saturated rings. The van der Waals surface area contributed by atoms with E-state index in [1.807, 2.05) is 6.20 Å². The molecule has 0 unspecified atom stereocenters. The molecule has 0 radical (unpaired) electrons. The largest absolute Gasteiger partial charge is 0.382 e. The molecule has 3 heteroatoms. The van der Waals surface area contributed by atoms with E-state index < -0.39 is 5.60 Å². The Morgan fingerprint density at radius 3 is 2.22 bits per heavy atom. The Morgan fingerprint density at radius 2 is 1.78 bits per heavy atom. The highest BCUT2D eigenvalue weighted by atomic mass is 16.3. The monoisotopic (exact) mass is 252 g/mol. The summed E-state index contributed by atoms with van der Waals surface area (Å²) in [6.45, 7) is 11.7. The fraction of sp³-hybridized carbons (Fsp3) is 0.800. The van der Waals surface area contributed by atoms with Crippen molar-refractivity contribution in [1.29, 1.82) is 0 Å². The first kappa shape index (κ1) is 15.2. The fourth-order valence-corrected chi connectivity index (χ4v) is 2.75. The van der Waals surface area contributed by atoms with Crippen LogP contribution in [-0.4, -0.2) is 14.7 Å². The van der Waals surface area contributed by atoms with Crippen LogP contribution in [-0.2, 0) is 12.1 Å². The van der Waals surface area contributed by atoms with Gasteiger partial charge in [0, 0.05) is 18.9 Å². The number of hydrogen-bond donors (Lipinski definition) is 1. The van der Waals surface area contributed by atoms with Gasteiger partial charge in [-0.1, -0.05) is 34.6 Å². The van der Waals surface area contributed by atoms with E-state index in [-0.39, 0.29) is 0 Å². The van der Waals surface area contributed by atoms with Crippen molar-refractivity contribution in [3.63, 3.8) is 0 Å². The Bertz CT molecular complexity index is 345. The van der Waals surface area contributed by atoms with Crippen LogP contribution in [0.25, 0.3) is 0 Å². The highest BCUT2D eigenvalue weighted by molar-refractivity contribution is 5.06. The van der Waals surface area contributed by atoms with Crippen LogP contribution in [0.4, 0.5) is 0 Å². The molecule has 0 aromatic carbocycles. The van der Waals surface area contributed by atoms with Crippen LogP contribution in [0.15, 0.2) is 12.4 Å². The van der Waals surface area contributed by atoms with Gasteiger partial charge >= 0.3 is 0 Å². The molecular formula is C15H28N2O. The number of aromatic nitrogens is 2. The highest BCUT2D eigenvalue weighted by Gasteiger charge is 2.35. The lowest BCUT2D eigenvalue weighted by molar-refractivity contribution is -0.0157. The fourth-order valence-electron chi connectivity index (χ4n) is 2.75. The maximum atomic E-state index is 11.0. The van der Waals surface area contributed by atoms with Gasteiger partial charge in [0.2, 0.25) is 0 Å². The van der Waals surface area contributed by atoms with Crippen LogP contribution < -0.4 is 0 Å². The Morgan fingerprint density at radius 1 is 1.22 bits per heavy atom. The molecule has 0 aliphatic rings. The predicted octanol–water partition coefficient (Wildman–Crippen LogP) is 3.57. The number of rotatable bonds is 7. The summed E-state index contributed by atoms with van der Waals surface area (Å²) < 4.78 is 2.10. The Kier molecular flexibility index (Phi) is 5.39. The topological polar surface area (TPSA) is 38.0 Å². The molecule has 1 aromatic rings. The Hall–Kier alpha value is -0.830. The van der Waals surface area contributed by atoms with Gasteiger partial charge in [-0.05, 0) is 31.1 Å². The third kappa shape index (κ3) is 3.84. The predicted molar refractivity (Wildman–Crippen MR) is 75.3 cm³/mol. The van der Waals surface area contributed by atoms with Gasteiger partial charge in [-0.15, -0.1) is 0 Å². The van der Waals surface area contributed by atoms with Crippen LogP contribution >= 0.6 is 0 Å². The smallest absolute Gasteiger partial charge is 0.140 e. The second-order valence-corrected chi connectivity index (χ2v) is 6.17. The van der Waals surface area contributed by atoms with Crippen LogP contribution in [0.3, 0.4) is 0 Å². The summed E-state index contributed by atoms with van der Waals surface area (Å²) in [5.41, 5.74) is -0.791. The van der Waals surface area contributed by atoms with Gasteiger partial charge in [0.05, 0.1) is 0 Å². The molecule has 1 aromatic heterocycles. The molecule has 1 heterocycles. The Balaban J connectivity index is 3.04. The zero-order chi connectivity index (χ0) is 13.8. The molecule has 3 nitrogen and oxygen atoms in total. The maximum absolute atomic E-state index is 11.0. The summed E-state index contributed by atoms with van der Waals surface area (Å²) in [7, 11) is 0. The van der Waals surface area contributed by atoms with E-state index in [1.165, 1.54) is 0 Å². The van der Waals surface area contributed by atoms with Crippen LogP contribution in [0.2, 0.25) is 0 Å². The Labute approximate surface area is 111 Å². The van der Waals surface area contributed by atoms with Gasteiger partial charge in [-0.25, -0.2) is 4.98 Å². The molecule has 0 saturated carbocycles. The van der Waals surface area contributed by atoms with Crippen molar-refractivity contribution >= 4 is 0 Å². The van der Waals surface area contributed by atoms with E-state index in [9.17, 15) is 5.11 Å². The summed E-state index contributed by atoms with van der Waals surface area (Å²) in [5.74, 6) is 1.76. The number of imidazole rings is 1. The van der Waals surface area contributed by atoms with Gasteiger partial charge in [0.15, 0.2) is 0 Å². The van der Waals surface area contributed by atoms with Gasteiger partial charge < -0.3 is 9.67 Å². The molecule has 0 saturated heterocycles. The van der Waals surface area contributed by atoms with Gasteiger partial charge in [0.1, 0.15) is 11.4 Å². The zero-order valence-corrected chi connectivity index (χ0v) is 12.5. The molecule has 1 N–H and O–H groups in total. The molecular weight excluding hydrogens is 224 g/mol. The van der Waals surface area contributed by atoms with E-state index in [0.717, 1.165) is 31.6 Å². The van der Waals surface area contributed by atoms with Crippen LogP contribution in [0, 0.1) is 11.8 Å². The molecule has 0 spiro atoms. The van der Waals surface area contributed by atoms with E-state index in [0.29, 0.717) is 11.8 Å². The summed E-state index contributed by atoms with van der Waals surface area (Å²) >= 11 is 0. The zero-order valence-electron chi connectivity index (χ0n) is 12.5. The molecule has 0 aliphatic carbocycles. The van der Waals surface area contributed by atoms with E-state index >= 15 is 0 Å². The van der Waals surface area contributed by atoms with E-state index in [1.54, 1.807) is 6.20 Å². The van der Waals surface area contributed by atoms with Crippen LogP contribution in [0.5, 0.6) is 0 Å². The molecule has 18 heavy (non-hydrogen) atoms. The number of aliphatic hydroxyl groups is 1. The molecule has 0 bridgehead atoms. The SMILES string of the molecule is CCCn1ccnc1C(O)(CC(C)C)CC(C)C. The van der Waals surface area contributed by atoms with Crippen molar-refractivity contribution in [3.8, 4) is 0 Å². The van der Waals surface area contributed by atoms with Crippen LogP contribution in [0.1, 0.15) is 59.7 Å². The molecule has 104 valence electrons. The normalized spacial score (nSPS) is 12.7. The summed E-state index contributed by atoms with van der Waals surface area (Å²) in [4.78, 5) is 4.43. The maximum Gasteiger partial charge on any atom is 0.140 e. The molecule has 0 aliphatic heterocycles. The molecule has 1 rings (SSSR count). The van der Waals surface area contributed by atoms with Crippen molar-refractivity contribution in [3.05, 3.63) is 18.2 Å². The number of nitrogens with zero attached hydrogens (tertiary/aromatic N) is 2. The van der Waals surface area contributed by atoms with Crippen molar-refractivity contribution in [2.24, 2.45) is 11.8 Å². The van der Waals surface area contributed by atoms with Crippen molar-refractivity contribution in [2.45, 2.75) is 66.0 Å². The van der Waals surface area contributed by atoms with Crippen molar-refractivity contribution in [2.75, 3.05) is 0 Å². The molecule has 0 atom stereocenters. The second-order valence-electron chi connectivity index (χ2n) is 6.17. The third-order valence-electron chi connectivity index (χ3n) is 3.09. The standard InChI is InChI=1S/C15H28N2O/c1-6-8-17-9-7-16-14(17)15(18,10-12(2)3)11-13(4)5/h7,9,12-13,18H,6,8,10-11H2,1-5H3. The van der Waals surface area contributed by atoms with E-state index in [2.05, 4.69) is 44.2 Å². The highest BCUT2D eigenvalue weighted by Crippen LogP contribution is 2.34. The number of aryl methyl sites for hydroxylation is 1. The minimum Gasteiger partial charge on any atom is -0.382 e. The van der Waals surface area contributed by atoms with Crippen molar-refractivity contribution in [1.82, 2.24) is 9.55 Å². The van der Waals surface area contributed by atoms with E-state index in [4.69, 9.17) is 0 Å². The average molecular weight is 252 g/mol. The summed E-state index contributed by atoms with van der Waals surface area (Å²) in [6.07, 6.45) is 6.38. The third-order valence-corrected chi connectivity index (χ3v) is 3.09. The first-order valence-electron chi connectivity index (χ1n) is 7.13. The van der Waals surface area contributed by atoms with Gasteiger partial charge in [-0.2, -0.15) is 0 Å². The van der Waals surface area contributed by atoms with Crippen molar-refractivity contribution < 1.29 is 5.11 Å². The first-order valence-corrected chi connectivity index (χ1v) is 7.13. The lowest BCUT2D eigenvalue weighted by Gasteiger charge is -2.31. The van der Waals surface area contributed by atoms with Gasteiger partial charge in [-0.3, -0.25) is 0 Å².